The van der Waals surface area contributed by atoms with Crippen molar-refractivity contribution in [3.8, 4) is 11.1 Å². The van der Waals surface area contributed by atoms with Crippen LogP contribution in [0, 0.1) is 0 Å². The number of pyridine rings is 1. The topological polar surface area (TPSA) is 28.7 Å². The highest BCUT2D eigenvalue weighted by Gasteiger charge is 2.29. The zero-order valence-electron chi connectivity index (χ0n) is 10.1. The number of nitrogens with one attached hydrogen (secondary N) is 1. The minimum Gasteiger partial charge on any atom is -0.358 e. The molecule has 1 fully saturated rings. The zero-order valence-corrected chi connectivity index (χ0v) is 10.1. The van der Waals surface area contributed by atoms with Gasteiger partial charge in [-0.05, 0) is 30.4 Å². The summed E-state index contributed by atoms with van der Waals surface area (Å²) in [5.41, 5.74) is 5.23. The van der Waals surface area contributed by atoms with Crippen LogP contribution >= 0.6 is 0 Å². The Bertz CT molecular complexity index is 693. The summed E-state index contributed by atoms with van der Waals surface area (Å²) in [7, 11) is 0. The van der Waals surface area contributed by atoms with Crippen molar-refractivity contribution in [2.45, 2.75) is 18.8 Å². The molecule has 0 atom stereocenters. The van der Waals surface area contributed by atoms with Crippen molar-refractivity contribution < 1.29 is 0 Å². The molecule has 0 radical (unpaired) electrons. The van der Waals surface area contributed by atoms with Gasteiger partial charge in [0, 0.05) is 34.6 Å². The number of hydrogen-bond donors (Lipinski definition) is 1. The number of fused-ring (bicyclic) bond motifs is 1. The van der Waals surface area contributed by atoms with Gasteiger partial charge in [-0.15, -0.1) is 0 Å². The maximum atomic E-state index is 4.27. The second kappa shape index (κ2) is 3.70. The summed E-state index contributed by atoms with van der Waals surface area (Å²) in [6, 6.07) is 12.7. The molecular weight excluding hydrogens is 220 g/mol. The number of benzene rings is 1. The molecule has 2 aromatic heterocycles. The van der Waals surface area contributed by atoms with Crippen LogP contribution in [-0.4, -0.2) is 9.97 Å². The molecule has 4 rings (SSSR count). The van der Waals surface area contributed by atoms with Gasteiger partial charge < -0.3 is 4.98 Å². The average Bonchev–Trinajstić information content (AvgIpc) is 3.20. The highest BCUT2D eigenvalue weighted by molar-refractivity contribution is 5.97. The summed E-state index contributed by atoms with van der Waals surface area (Å²) in [5, 5.41) is 1.24. The van der Waals surface area contributed by atoms with Gasteiger partial charge in [0.2, 0.25) is 0 Å². The van der Waals surface area contributed by atoms with Crippen LogP contribution in [0.25, 0.3) is 22.0 Å². The molecule has 18 heavy (non-hydrogen) atoms. The summed E-state index contributed by atoms with van der Waals surface area (Å²) in [6.45, 7) is 0. The van der Waals surface area contributed by atoms with E-state index in [0.29, 0.717) is 5.92 Å². The molecule has 0 saturated heterocycles. The number of hydrogen-bond acceptors (Lipinski definition) is 1. The molecule has 2 heterocycles. The van der Waals surface area contributed by atoms with Gasteiger partial charge in [0.1, 0.15) is 0 Å². The van der Waals surface area contributed by atoms with Gasteiger partial charge >= 0.3 is 0 Å². The first kappa shape index (κ1) is 9.89. The predicted octanol–water partition coefficient (Wildman–Crippen LogP) is 4.11. The van der Waals surface area contributed by atoms with Crippen LogP contribution < -0.4 is 0 Å². The lowest BCUT2D eigenvalue weighted by atomic mass is 10.0. The molecule has 0 bridgehead atoms. The van der Waals surface area contributed by atoms with E-state index in [1.807, 2.05) is 12.4 Å². The Morgan fingerprint density at radius 2 is 1.89 bits per heavy atom. The van der Waals surface area contributed by atoms with Gasteiger partial charge in [0.15, 0.2) is 0 Å². The fraction of sp³-hybridized carbons (Fsp3) is 0.188. The smallest absolute Gasteiger partial charge is 0.0493 e. The van der Waals surface area contributed by atoms with Crippen molar-refractivity contribution >= 4 is 10.9 Å². The van der Waals surface area contributed by atoms with E-state index in [0.717, 1.165) is 0 Å². The maximum absolute atomic E-state index is 4.27. The van der Waals surface area contributed by atoms with Crippen LogP contribution in [0.15, 0.2) is 48.8 Å². The van der Waals surface area contributed by atoms with Crippen LogP contribution in [0.1, 0.15) is 24.5 Å². The number of nitrogens with zero attached hydrogens (tertiary/aromatic N) is 1. The third kappa shape index (κ3) is 1.46. The van der Waals surface area contributed by atoms with E-state index in [1.165, 1.54) is 40.6 Å². The molecule has 2 heteroatoms. The monoisotopic (exact) mass is 234 g/mol. The van der Waals surface area contributed by atoms with E-state index in [2.05, 4.69) is 46.4 Å². The first-order valence-electron chi connectivity index (χ1n) is 6.44. The number of H-pyrrole nitrogens is 1. The molecule has 1 aromatic carbocycles. The van der Waals surface area contributed by atoms with Gasteiger partial charge in [-0.25, -0.2) is 0 Å². The van der Waals surface area contributed by atoms with Crippen LogP contribution in [0.3, 0.4) is 0 Å². The zero-order chi connectivity index (χ0) is 11.9. The quantitative estimate of drug-likeness (QED) is 0.710. The molecular formula is C16H14N2. The molecule has 0 aliphatic heterocycles. The lowest BCUT2D eigenvalue weighted by Gasteiger charge is -2.03. The Hall–Kier alpha value is -2.09. The van der Waals surface area contributed by atoms with Crippen molar-refractivity contribution in [2.24, 2.45) is 0 Å². The first-order chi connectivity index (χ1) is 8.93. The lowest BCUT2D eigenvalue weighted by Crippen LogP contribution is -1.84. The van der Waals surface area contributed by atoms with E-state index < -0.39 is 0 Å². The lowest BCUT2D eigenvalue weighted by molar-refractivity contribution is 1.06. The molecule has 1 aliphatic carbocycles. The van der Waals surface area contributed by atoms with Crippen LogP contribution in [0.5, 0.6) is 0 Å². The Labute approximate surface area is 106 Å². The Morgan fingerprint density at radius 3 is 2.67 bits per heavy atom. The largest absolute Gasteiger partial charge is 0.358 e. The average molecular weight is 234 g/mol. The third-order valence-corrected chi connectivity index (χ3v) is 3.68. The Kier molecular flexibility index (Phi) is 2.04. The second-order valence-corrected chi connectivity index (χ2v) is 4.98. The number of rotatable bonds is 2. The standard InChI is InChI=1S/C16H14N2/c1-2-4-11(5-3-1)15-13-10-17-9-8-14(13)18-16(15)12-6-7-12/h1-5,8-10,12,18H,6-7H2. The summed E-state index contributed by atoms with van der Waals surface area (Å²) in [4.78, 5) is 7.86. The van der Waals surface area contributed by atoms with Crippen molar-refractivity contribution in [1.29, 1.82) is 0 Å². The molecule has 1 aliphatic rings. The van der Waals surface area contributed by atoms with Crippen molar-refractivity contribution in [3.05, 3.63) is 54.5 Å². The van der Waals surface area contributed by atoms with Gasteiger partial charge in [0.25, 0.3) is 0 Å². The van der Waals surface area contributed by atoms with Gasteiger partial charge in [0.05, 0.1) is 0 Å². The molecule has 1 saturated carbocycles. The summed E-state index contributed by atoms with van der Waals surface area (Å²) < 4.78 is 0. The molecule has 0 unspecified atom stereocenters. The predicted molar refractivity (Wildman–Crippen MR) is 73.5 cm³/mol. The minimum atomic E-state index is 0.715. The molecule has 88 valence electrons. The van der Waals surface area contributed by atoms with Gasteiger partial charge in [-0.3, -0.25) is 4.98 Å². The first-order valence-corrected chi connectivity index (χ1v) is 6.44. The van der Waals surface area contributed by atoms with Crippen molar-refractivity contribution in [3.63, 3.8) is 0 Å². The summed E-state index contributed by atoms with van der Waals surface area (Å²) in [5.74, 6) is 0.715. The fourth-order valence-corrected chi connectivity index (χ4v) is 2.65. The molecule has 1 N–H and O–H groups in total. The van der Waals surface area contributed by atoms with Crippen LogP contribution in [-0.2, 0) is 0 Å². The van der Waals surface area contributed by atoms with E-state index in [4.69, 9.17) is 0 Å². The van der Waals surface area contributed by atoms with Crippen LogP contribution in [0.4, 0.5) is 0 Å². The molecule has 2 nitrogen and oxygen atoms in total. The normalized spacial score (nSPS) is 15.1. The minimum absolute atomic E-state index is 0.715. The molecule has 0 amide bonds. The Balaban J connectivity index is 2.04. The number of aromatic nitrogens is 2. The third-order valence-electron chi connectivity index (χ3n) is 3.68. The highest BCUT2D eigenvalue weighted by Crippen LogP contribution is 2.46. The number of aromatic amines is 1. The Morgan fingerprint density at radius 1 is 1.06 bits per heavy atom. The van der Waals surface area contributed by atoms with Crippen LogP contribution in [0.2, 0.25) is 0 Å². The van der Waals surface area contributed by atoms with Gasteiger partial charge in [-0.1, -0.05) is 30.3 Å². The van der Waals surface area contributed by atoms with E-state index in [9.17, 15) is 0 Å². The van der Waals surface area contributed by atoms with E-state index in [1.54, 1.807) is 0 Å². The molecule has 0 spiro atoms. The fourth-order valence-electron chi connectivity index (χ4n) is 2.65. The van der Waals surface area contributed by atoms with Crippen molar-refractivity contribution in [1.82, 2.24) is 9.97 Å². The molecule has 3 aromatic rings. The summed E-state index contributed by atoms with van der Waals surface area (Å²) >= 11 is 0. The highest BCUT2D eigenvalue weighted by atomic mass is 14.8. The van der Waals surface area contributed by atoms with E-state index in [-0.39, 0.29) is 0 Å². The SMILES string of the molecule is c1ccc(-c2c(C3CC3)[nH]c3ccncc23)cc1. The van der Waals surface area contributed by atoms with E-state index >= 15 is 0 Å². The van der Waals surface area contributed by atoms with Gasteiger partial charge in [-0.2, -0.15) is 0 Å². The van der Waals surface area contributed by atoms with Crippen molar-refractivity contribution in [2.75, 3.05) is 0 Å². The second-order valence-electron chi connectivity index (χ2n) is 4.98. The summed E-state index contributed by atoms with van der Waals surface area (Å²) in [6.07, 6.45) is 6.44. The maximum Gasteiger partial charge on any atom is 0.0493 e.